The van der Waals surface area contributed by atoms with Crippen molar-refractivity contribution in [2.24, 2.45) is 23.2 Å². The van der Waals surface area contributed by atoms with Crippen LogP contribution < -0.4 is 0 Å². The second-order valence-corrected chi connectivity index (χ2v) is 4.80. The average molecular weight is 138 g/mol. The summed E-state index contributed by atoms with van der Waals surface area (Å²) in [5, 5.41) is 0. The molecule has 0 heterocycles. The summed E-state index contributed by atoms with van der Waals surface area (Å²) in [6.45, 7) is 7.38. The lowest BCUT2D eigenvalue weighted by atomic mass is 9.73. The van der Waals surface area contributed by atoms with Crippen molar-refractivity contribution in [3.63, 3.8) is 0 Å². The van der Waals surface area contributed by atoms with E-state index in [2.05, 4.69) is 20.8 Å². The smallest absolute Gasteiger partial charge is 0.0295 e. The highest BCUT2D eigenvalue weighted by atomic mass is 14.6. The molecule has 0 radical (unpaired) electrons. The molecule has 4 unspecified atom stereocenters. The van der Waals surface area contributed by atoms with Crippen molar-refractivity contribution >= 4 is 0 Å². The molecule has 0 saturated heterocycles. The van der Waals surface area contributed by atoms with Gasteiger partial charge < -0.3 is 0 Å². The Balaban J connectivity index is 2.25. The molecule has 10 heavy (non-hydrogen) atoms. The number of hydrogen-bond donors (Lipinski definition) is 0. The highest BCUT2D eigenvalue weighted by Gasteiger charge is 2.50. The van der Waals surface area contributed by atoms with Crippen LogP contribution in [0, 0.1) is 23.2 Å². The van der Waals surface area contributed by atoms with Gasteiger partial charge in [0.15, 0.2) is 0 Å². The van der Waals surface area contributed by atoms with Gasteiger partial charge in [-0.1, -0.05) is 20.8 Å². The lowest BCUT2D eigenvalue weighted by Crippen LogP contribution is -2.24. The van der Waals surface area contributed by atoms with E-state index >= 15 is 0 Å². The number of fused-ring (bicyclic) bond motifs is 2. The van der Waals surface area contributed by atoms with Crippen LogP contribution in [-0.2, 0) is 0 Å². The molecule has 2 bridgehead atoms. The Hall–Kier alpha value is 0. The molecule has 2 aliphatic carbocycles. The molecular weight excluding hydrogens is 120 g/mol. The SMILES string of the molecule is CC1C2CCC(C)(C2)C1C. The van der Waals surface area contributed by atoms with Crippen LogP contribution in [0.5, 0.6) is 0 Å². The molecule has 2 rings (SSSR count). The van der Waals surface area contributed by atoms with E-state index in [-0.39, 0.29) is 0 Å². The first-order valence-corrected chi connectivity index (χ1v) is 4.63. The van der Waals surface area contributed by atoms with Crippen molar-refractivity contribution in [2.45, 2.75) is 40.0 Å². The zero-order valence-corrected chi connectivity index (χ0v) is 7.35. The molecule has 0 spiro atoms. The van der Waals surface area contributed by atoms with Gasteiger partial charge in [-0.2, -0.15) is 0 Å². The minimum atomic E-state index is 0.740. The Labute approximate surface area is 64.0 Å². The Morgan fingerprint density at radius 2 is 2.00 bits per heavy atom. The van der Waals surface area contributed by atoms with Crippen LogP contribution in [0.15, 0.2) is 0 Å². The van der Waals surface area contributed by atoms with Gasteiger partial charge in [0.2, 0.25) is 0 Å². The number of hydrogen-bond acceptors (Lipinski definition) is 0. The molecule has 0 aromatic carbocycles. The van der Waals surface area contributed by atoms with Crippen molar-refractivity contribution < 1.29 is 0 Å². The van der Waals surface area contributed by atoms with Crippen molar-refractivity contribution in [3.05, 3.63) is 0 Å². The van der Waals surface area contributed by atoms with E-state index in [0.29, 0.717) is 0 Å². The molecule has 2 aliphatic rings. The van der Waals surface area contributed by atoms with Gasteiger partial charge in [-0.25, -0.2) is 0 Å². The third-order valence-corrected chi connectivity index (χ3v) is 4.45. The zero-order chi connectivity index (χ0) is 7.35. The summed E-state index contributed by atoms with van der Waals surface area (Å²) in [7, 11) is 0. The summed E-state index contributed by atoms with van der Waals surface area (Å²) in [5.41, 5.74) is 0.740. The Kier molecular flexibility index (Phi) is 1.19. The van der Waals surface area contributed by atoms with E-state index in [9.17, 15) is 0 Å². The van der Waals surface area contributed by atoms with Crippen LogP contribution in [0.25, 0.3) is 0 Å². The largest absolute Gasteiger partial charge is 0.0620 e. The molecule has 0 aromatic heterocycles. The lowest BCUT2D eigenvalue weighted by Gasteiger charge is -2.32. The maximum Gasteiger partial charge on any atom is -0.0295 e. The minimum Gasteiger partial charge on any atom is -0.0620 e. The third kappa shape index (κ3) is 0.627. The molecular formula is C10H18. The molecule has 0 aliphatic heterocycles. The first-order valence-electron chi connectivity index (χ1n) is 4.63. The van der Waals surface area contributed by atoms with Crippen LogP contribution in [0.2, 0.25) is 0 Å². The minimum absolute atomic E-state index is 0.740. The molecule has 0 nitrogen and oxygen atoms in total. The van der Waals surface area contributed by atoms with Gasteiger partial charge >= 0.3 is 0 Å². The first-order chi connectivity index (χ1) is 4.63. The van der Waals surface area contributed by atoms with Crippen molar-refractivity contribution in [1.29, 1.82) is 0 Å². The molecule has 0 amide bonds. The average Bonchev–Trinajstić information content (AvgIpc) is 2.35. The highest BCUT2D eigenvalue weighted by Crippen LogP contribution is 2.59. The monoisotopic (exact) mass is 138 g/mol. The molecule has 2 saturated carbocycles. The van der Waals surface area contributed by atoms with Crippen molar-refractivity contribution in [3.8, 4) is 0 Å². The quantitative estimate of drug-likeness (QED) is 0.482. The Morgan fingerprint density at radius 1 is 1.30 bits per heavy atom. The van der Waals surface area contributed by atoms with E-state index < -0.39 is 0 Å². The second-order valence-electron chi connectivity index (χ2n) is 4.80. The van der Waals surface area contributed by atoms with Gasteiger partial charge in [0.1, 0.15) is 0 Å². The lowest BCUT2D eigenvalue weighted by molar-refractivity contribution is 0.175. The predicted octanol–water partition coefficient (Wildman–Crippen LogP) is 3.08. The van der Waals surface area contributed by atoms with E-state index in [1.807, 2.05) is 0 Å². The molecule has 58 valence electrons. The van der Waals surface area contributed by atoms with Crippen LogP contribution in [-0.4, -0.2) is 0 Å². The first kappa shape index (κ1) is 6.69. The van der Waals surface area contributed by atoms with Crippen LogP contribution in [0.1, 0.15) is 40.0 Å². The van der Waals surface area contributed by atoms with Gasteiger partial charge in [-0.3, -0.25) is 0 Å². The summed E-state index contributed by atoms with van der Waals surface area (Å²) in [6.07, 6.45) is 4.54. The van der Waals surface area contributed by atoms with Gasteiger partial charge in [-0.05, 0) is 42.4 Å². The normalized spacial score (nSPS) is 59.7. The van der Waals surface area contributed by atoms with Crippen molar-refractivity contribution in [2.75, 3.05) is 0 Å². The summed E-state index contributed by atoms with van der Waals surface area (Å²) < 4.78 is 0. The molecule has 0 aromatic rings. The summed E-state index contributed by atoms with van der Waals surface area (Å²) in [6, 6.07) is 0. The molecule has 0 N–H and O–H groups in total. The summed E-state index contributed by atoms with van der Waals surface area (Å²) in [5.74, 6) is 3.09. The van der Waals surface area contributed by atoms with E-state index in [1.165, 1.54) is 19.3 Å². The maximum atomic E-state index is 2.49. The standard InChI is InChI=1S/C10H18/c1-7-8(2)10(3)5-4-9(7)6-10/h7-9H,4-6H2,1-3H3. The fourth-order valence-corrected chi connectivity index (χ4v) is 3.22. The van der Waals surface area contributed by atoms with Gasteiger partial charge in [0.25, 0.3) is 0 Å². The molecule has 4 atom stereocenters. The fraction of sp³-hybridized carbons (Fsp3) is 1.00. The highest BCUT2D eigenvalue weighted by molar-refractivity contribution is 5.00. The second kappa shape index (κ2) is 1.78. The summed E-state index contributed by atoms with van der Waals surface area (Å²) >= 11 is 0. The van der Waals surface area contributed by atoms with Gasteiger partial charge in [0.05, 0.1) is 0 Å². The van der Waals surface area contributed by atoms with E-state index in [0.717, 1.165) is 23.2 Å². The zero-order valence-electron chi connectivity index (χ0n) is 7.35. The molecule has 2 fully saturated rings. The predicted molar refractivity (Wildman–Crippen MR) is 43.8 cm³/mol. The van der Waals surface area contributed by atoms with E-state index in [4.69, 9.17) is 0 Å². The van der Waals surface area contributed by atoms with Crippen molar-refractivity contribution in [1.82, 2.24) is 0 Å². The van der Waals surface area contributed by atoms with Crippen LogP contribution in [0.3, 0.4) is 0 Å². The number of rotatable bonds is 0. The third-order valence-electron chi connectivity index (χ3n) is 4.45. The van der Waals surface area contributed by atoms with Crippen LogP contribution >= 0.6 is 0 Å². The summed E-state index contributed by atoms with van der Waals surface area (Å²) in [4.78, 5) is 0. The van der Waals surface area contributed by atoms with Crippen LogP contribution in [0.4, 0.5) is 0 Å². The van der Waals surface area contributed by atoms with E-state index in [1.54, 1.807) is 0 Å². The Morgan fingerprint density at radius 3 is 2.30 bits per heavy atom. The Bertz CT molecular complexity index is 150. The fourth-order valence-electron chi connectivity index (χ4n) is 3.22. The topological polar surface area (TPSA) is 0 Å². The molecule has 0 heteroatoms. The van der Waals surface area contributed by atoms with Gasteiger partial charge in [-0.15, -0.1) is 0 Å². The van der Waals surface area contributed by atoms with Gasteiger partial charge in [0, 0.05) is 0 Å². The maximum absolute atomic E-state index is 2.49.